The van der Waals surface area contributed by atoms with Crippen molar-refractivity contribution >= 4 is 40.8 Å². The molecule has 0 saturated carbocycles. The molecule has 1 rings (SSSR count). The van der Waals surface area contributed by atoms with E-state index < -0.39 is 0 Å². The lowest BCUT2D eigenvalue weighted by Crippen LogP contribution is -2.03. The Kier molecular flexibility index (Phi) is 6.45. The van der Waals surface area contributed by atoms with Gasteiger partial charge < -0.3 is 5.32 Å². The highest BCUT2D eigenvalue weighted by molar-refractivity contribution is 7.99. The molecular weight excluding hydrogens is 275 g/mol. The van der Waals surface area contributed by atoms with Crippen LogP contribution in [0.5, 0.6) is 0 Å². The maximum atomic E-state index is 6.12. The Morgan fingerprint density at radius 3 is 2.65 bits per heavy atom. The summed E-state index contributed by atoms with van der Waals surface area (Å²) in [7, 11) is 0. The number of nitrogens with zero attached hydrogens (tertiary/aromatic N) is 1. The normalized spacial score (nSPS) is 10.9. The lowest BCUT2D eigenvalue weighted by molar-refractivity contribution is 0.749. The first-order chi connectivity index (χ1) is 8.04. The number of halogens is 2. The van der Waals surface area contributed by atoms with Gasteiger partial charge in [0.2, 0.25) is 0 Å². The minimum absolute atomic E-state index is 0.581. The van der Waals surface area contributed by atoms with Crippen molar-refractivity contribution in [3.05, 3.63) is 16.1 Å². The van der Waals surface area contributed by atoms with Crippen LogP contribution in [0.2, 0.25) is 10.0 Å². The van der Waals surface area contributed by atoms with Crippen molar-refractivity contribution in [1.29, 1.82) is 0 Å². The van der Waals surface area contributed by atoms with Crippen molar-refractivity contribution < 1.29 is 0 Å². The van der Waals surface area contributed by atoms with E-state index in [1.807, 2.05) is 0 Å². The highest BCUT2D eigenvalue weighted by Gasteiger charge is 2.10. The SMILES string of the molecule is CCCNc1nc(SCC(C)C)c(Cl)cc1Cl. The van der Waals surface area contributed by atoms with E-state index in [0.29, 0.717) is 16.0 Å². The second-order valence-corrected chi connectivity index (χ2v) is 6.06. The van der Waals surface area contributed by atoms with E-state index in [4.69, 9.17) is 23.2 Å². The van der Waals surface area contributed by atoms with E-state index in [-0.39, 0.29) is 0 Å². The monoisotopic (exact) mass is 292 g/mol. The van der Waals surface area contributed by atoms with Crippen molar-refractivity contribution in [2.45, 2.75) is 32.2 Å². The van der Waals surface area contributed by atoms with Crippen LogP contribution in [0, 0.1) is 5.92 Å². The van der Waals surface area contributed by atoms with E-state index in [0.717, 1.165) is 29.6 Å². The summed E-state index contributed by atoms with van der Waals surface area (Å²) in [6, 6.07) is 1.76. The third-order valence-electron chi connectivity index (χ3n) is 1.99. The molecule has 0 radical (unpaired) electrons. The summed E-state index contributed by atoms with van der Waals surface area (Å²) in [4.78, 5) is 4.47. The van der Waals surface area contributed by atoms with Crippen LogP contribution in [-0.4, -0.2) is 17.3 Å². The smallest absolute Gasteiger partial charge is 0.146 e. The molecule has 0 saturated heterocycles. The molecule has 0 amide bonds. The van der Waals surface area contributed by atoms with Gasteiger partial charge in [0, 0.05) is 12.3 Å². The van der Waals surface area contributed by atoms with Crippen LogP contribution < -0.4 is 5.32 Å². The quantitative estimate of drug-likeness (QED) is 0.750. The largest absolute Gasteiger partial charge is 0.369 e. The molecule has 0 spiro atoms. The summed E-state index contributed by atoms with van der Waals surface area (Å²) in [6.07, 6.45) is 1.04. The van der Waals surface area contributed by atoms with Gasteiger partial charge in [-0.1, -0.05) is 44.0 Å². The standard InChI is InChI=1S/C12H18Cl2N2S/c1-4-5-15-11-9(13)6-10(14)12(16-11)17-7-8(2)3/h6,8H,4-5,7H2,1-3H3,(H,15,16). The first-order valence-electron chi connectivity index (χ1n) is 5.77. The second-order valence-electron chi connectivity index (χ2n) is 4.24. The highest BCUT2D eigenvalue weighted by Crippen LogP contribution is 2.32. The Balaban J connectivity index is 2.81. The average molecular weight is 293 g/mol. The Morgan fingerprint density at radius 2 is 2.06 bits per heavy atom. The number of aromatic nitrogens is 1. The summed E-state index contributed by atoms with van der Waals surface area (Å²) in [6.45, 7) is 7.31. The topological polar surface area (TPSA) is 24.9 Å². The molecule has 0 aromatic carbocycles. The molecule has 0 aliphatic carbocycles. The maximum Gasteiger partial charge on any atom is 0.146 e. The zero-order valence-corrected chi connectivity index (χ0v) is 12.7. The van der Waals surface area contributed by atoms with Crippen LogP contribution in [0.15, 0.2) is 11.1 Å². The molecule has 5 heteroatoms. The molecule has 1 aromatic rings. The molecule has 96 valence electrons. The van der Waals surface area contributed by atoms with Crippen LogP contribution >= 0.6 is 35.0 Å². The number of thioether (sulfide) groups is 1. The highest BCUT2D eigenvalue weighted by atomic mass is 35.5. The first-order valence-corrected chi connectivity index (χ1v) is 7.51. The Labute approximate surface area is 117 Å². The fraction of sp³-hybridized carbons (Fsp3) is 0.583. The van der Waals surface area contributed by atoms with Gasteiger partial charge in [-0.15, -0.1) is 11.8 Å². The molecule has 0 fully saturated rings. The molecule has 0 aliphatic rings. The summed E-state index contributed by atoms with van der Waals surface area (Å²) in [5.74, 6) is 2.34. The van der Waals surface area contributed by atoms with Crippen LogP contribution in [0.1, 0.15) is 27.2 Å². The van der Waals surface area contributed by atoms with Crippen molar-refractivity contribution in [1.82, 2.24) is 4.98 Å². The zero-order valence-electron chi connectivity index (χ0n) is 10.4. The van der Waals surface area contributed by atoms with E-state index in [9.17, 15) is 0 Å². The van der Waals surface area contributed by atoms with Gasteiger partial charge in [-0.3, -0.25) is 0 Å². The second kappa shape index (κ2) is 7.34. The third kappa shape index (κ3) is 4.94. The molecule has 1 aromatic heterocycles. The van der Waals surface area contributed by atoms with Gasteiger partial charge in [0.05, 0.1) is 10.0 Å². The zero-order chi connectivity index (χ0) is 12.8. The Morgan fingerprint density at radius 1 is 1.35 bits per heavy atom. The summed E-state index contributed by atoms with van der Waals surface area (Å²) < 4.78 is 0. The van der Waals surface area contributed by atoms with E-state index in [2.05, 4.69) is 31.1 Å². The minimum atomic E-state index is 0.581. The van der Waals surface area contributed by atoms with Crippen LogP contribution in [0.4, 0.5) is 5.82 Å². The molecule has 1 N–H and O–H groups in total. The minimum Gasteiger partial charge on any atom is -0.369 e. The van der Waals surface area contributed by atoms with Gasteiger partial charge >= 0.3 is 0 Å². The first kappa shape index (κ1) is 14.9. The summed E-state index contributed by atoms with van der Waals surface area (Å²) in [5.41, 5.74) is 0. The molecule has 2 nitrogen and oxygen atoms in total. The number of pyridine rings is 1. The van der Waals surface area contributed by atoms with E-state index in [1.165, 1.54) is 0 Å². The van der Waals surface area contributed by atoms with Crippen LogP contribution in [0.3, 0.4) is 0 Å². The van der Waals surface area contributed by atoms with Gasteiger partial charge in [0.25, 0.3) is 0 Å². The fourth-order valence-electron chi connectivity index (χ4n) is 1.16. The number of nitrogens with one attached hydrogen (secondary N) is 1. The van der Waals surface area contributed by atoms with Gasteiger partial charge in [-0.25, -0.2) is 4.98 Å². The maximum absolute atomic E-state index is 6.12. The van der Waals surface area contributed by atoms with Gasteiger partial charge in [0.1, 0.15) is 10.8 Å². The third-order valence-corrected chi connectivity index (χ3v) is 4.10. The van der Waals surface area contributed by atoms with Gasteiger partial charge in [-0.2, -0.15) is 0 Å². The number of rotatable bonds is 6. The van der Waals surface area contributed by atoms with E-state index >= 15 is 0 Å². The van der Waals surface area contributed by atoms with Gasteiger partial charge in [0.15, 0.2) is 0 Å². The molecule has 0 atom stereocenters. The molecule has 0 bridgehead atoms. The lowest BCUT2D eigenvalue weighted by atomic mass is 10.3. The molecule has 1 heterocycles. The van der Waals surface area contributed by atoms with Crippen LogP contribution in [-0.2, 0) is 0 Å². The van der Waals surface area contributed by atoms with Gasteiger partial charge in [-0.05, 0) is 18.4 Å². The fourth-order valence-corrected chi connectivity index (χ4v) is 2.60. The number of anilines is 1. The molecule has 0 aliphatic heterocycles. The lowest BCUT2D eigenvalue weighted by Gasteiger charge is -2.11. The van der Waals surface area contributed by atoms with Crippen molar-refractivity contribution in [2.24, 2.45) is 5.92 Å². The van der Waals surface area contributed by atoms with Crippen molar-refractivity contribution in [3.63, 3.8) is 0 Å². The Bertz CT molecular complexity index is 370. The summed E-state index contributed by atoms with van der Waals surface area (Å²) in [5, 5.41) is 5.26. The number of hydrogen-bond donors (Lipinski definition) is 1. The van der Waals surface area contributed by atoms with Crippen molar-refractivity contribution in [3.8, 4) is 0 Å². The predicted molar refractivity (Wildman–Crippen MR) is 78.6 cm³/mol. The predicted octanol–water partition coefficient (Wildman–Crippen LogP) is 4.96. The molecular formula is C12H18Cl2N2S. The summed E-state index contributed by atoms with van der Waals surface area (Å²) >= 11 is 13.9. The van der Waals surface area contributed by atoms with E-state index in [1.54, 1.807) is 17.8 Å². The average Bonchev–Trinajstić information content (AvgIpc) is 2.26. The molecule has 0 unspecified atom stereocenters. The molecule has 17 heavy (non-hydrogen) atoms. The van der Waals surface area contributed by atoms with Crippen LogP contribution in [0.25, 0.3) is 0 Å². The number of hydrogen-bond acceptors (Lipinski definition) is 3. The Hall–Kier alpha value is -0.120. The van der Waals surface area contributed by atoms with Crippen molar-refractivity contribution in [2.75, 3.05) is 17.6 Å².